The highest BCUT2D eigenvalue weighted by atomic mass is 32.1. The Morgan fingerprint density at radius 1 is 1.06 bits per heavy atom. The summed E-state index contributed by atoms with van der Waals surface area (Å²) in [6.07, 6.45) is 8.31. The summed E-state index contributed by atoms with van der Waals surface area (Å²) in [7, 11) is 1.72. The van der Waals surface area contributed by atoms with E-state index in [4.69, 9.17) is 14.7 Å². The molecule has 48 heavy (non-hydrogen) atoms. The van der Waals surface area contributed by atoms with E-state index in [1.807, 2.05) is 41.4 Å². The molecule has 1 fully saturated rings. The Hall–Kier alpha value is -5.16. The number of nitrogens with one attached hydrogen (secondary N) is 2. The standard InChI is InChI=1S/C37H32FN7O2S/c1-47-28-6-2-4-23-24(28)12-14-25(23)43-36-34-21(15-16-39-36)18-29(48-34)31-30(35-40-19-41-44-35)26(13-9-20-7-10-22(38)11-8-20)42-33-27-5-3-17-45(27)37(46)32(31)33/h2,4,6-8,10-11,15-16,18-19,25,27H,3,5,9,12-14,17H2,1H3,(H,39,43)(H,40,41,44)/t25-,27+/m0/s1. The maximum Gasteiger partial charge on any atom is 0.257 e. The van der Waals surface area contributed by atoms with Crippen LogP contribution < -0.4 is 10.1 Å². The molecule has 9 rings (SSSR count). The van der Waals surface area contributed by atoms with Crippen LogP contribution >= 0.6 is 11.3 Å². The van der Waals surface area contributed by atoms with Crippen LogP contribution in [0.25, 0.3) is 31.9 Å². The predicted octanol–water partition coefficient (Wildman–Crippen LogP) is 7.47. The number of rotatable bonds is 8. The molecule has 3 aliphatic rings. The SMILES string of the molecule is COc1cccc2c1CC[C@@H]2Nc1nccc2cc(-c3c4c(nc(CCc5ccc(F)cc5)c3-c3ncn[nH]3)[C@H]3CCCN3C4=O)sc12. The van der Waals surface area contributed by atoms with Gasteiger partial charge in [0, 0.05) is 28.7 Å². The van der Waals surface area contributed by atoms with Crippen molar-refractivity contribution in [3.8, 4) is 27.6 Å². The van der Waals surface area contributed by atoms with Crippen molar-refractivity contribution in [3.05, 3.63) is 107 Å². The smallest absolute Gasteiger partial charge is 0.257 e. The number of aryl methyl sites for hydroxylation is 2. The summed E-state index contributed by atoms with van der Waals surface area (Å²) in [5, 5.41) is 12.1. The quantitative estimate of drug-likeness (QED) is 0.175. The van der Waals surface area contributed by atoms with Crippen molar-refractivity contribution in [2.24, 2.45) is 0 Å². The number of benzene rings is 2. The van der Waals surface area contributed by atoms with E-state index >= 15 is 0 Å². The monoisotopic (exact) mass is 657 g/mol. The number of amides is 1. The van der Waals surface area contributed by atoms with Crippen molar-refractivity contribution in [2.75, 3.05) is 19.0 Å². The molecule has 1 amide bonds. The summed E-state index contributed by atoms with van der Waals surface area (Å²) in [6, 6.07) is 17.1. The van der Waals surface area contributed by atoms with E-state index in [0.29, 0.717) is 24.2 Å². The molecule has 0 unspecified atom stereocenters. The molecule has 9 nitrogen and oxygen atoms in total. The zero-order chi connectivity index (χ0) is 32.4. The van der Waals surface area contributed by atoms with Crippen LogP contribution in [0, 0.1) is 5.82 Å². The van der Waals surface area contributed by atoms with Crippen LogP contribution in [0.2, 0.25) is 0 Å². The minimum atomic E-state index is -0.260. The Morgan fingerprint density at radius 3 is 2.79 bits per heavy atom. The Kier molecular flexibility index (Phi) is 6.96. The number of anilines is 1. The van der Waals surface area contributed by atoms with Gasteiger partial charge in [-0.15, -0.1) is 11.3 Å². The van der Waals surface area contributed by atoms with Gasteiger partial charge in [0.25, 0.3) is 5.91 Å². The third kappa shape index (κ3) is 4.67. The molecule has 0 spiro atoms. The fraction of sp³-hybridized carbons (Fsp3) is 0.270. The molecule has 6 aromatic rings. The number of H-pyrrole nitrogens is 1. The van der Waals surface area contributed by atoms with Crippen LogP contribution in [0.4, 0.5) is 10.2 Å². The van der Waals surface area contributed by atoms with Crippen molar-refractivity contribution in [1.29, 1.82) is 0 Å². The van der Waals surface area contributed by atoms with Gasteiger partial charge in [0.1, 0.15) is 23.7 Å². The first-order valence-corrected chi connectivity index (χ1v) is 17.2. The van der Waals surface area contributed by atoms with Crippen LogP contribution in [0.15, 0.2) is 67.1 Å². The molecule has 2 aromatic carbocycles. The van der Waals surface area contributed by atoms with Gasteiger partial charge >= 0.3 is 0 Å². The molecule has 2 aliphatic heterocycles. The normalized spacial score (nSPS) is 18.0. The van der Waals surface area contributed by atoms with Crippen LogP contribution in [0.1, 0.15) is 69.8 Å². The summed E-state index contributed by atoms with van der Waals surface area (Å²) in [5.41, 5.74) is 7.46. The van der Waals surface area contributed by atoms with Crippen molar-refractivity contribution in [1.82, 2.24) is 30.0 Å². The van der Waals surface area contributed by atoms with Gasteiger partial charge in [0.15, 0.2) is 5.82 Å². The van der Waals surface area contributed by atoms with E-state index < -0.39 is 0 Å². The summed E-state index contributed by atoms with van der Waals surface area (Å²) in [4.78, 5) is 31.7. The van der Waals surface area contributed by atoms with Crippen LogP contribution in [-0.4, -0.2) is 49.6 Å². The van der Waals surface area contributed by atoms with Gasteiger partial charge < -0.3 is 15.0 Å². The number of thiophene rings is 1. The Balaban J connectivity index is 1.19. The topological polar surface area (TPSA) is 109 Å². The number of carbonyl (C=O) groups excluding carboxylic acids is 1. The number of nitrogens with zero attached hydrogens (tertiary/aromatic N) is 5. The molecule has 1 saturated heterocycles. The third-order valence-electron chi connectivity index (χ3n) is 10.00. The van der Waals surface area contributed by atoms with E-state index in [-0.39, 0.29) is 23.8 Å². The van der Waals surface area contributed by atoms with E-state index in [2.05, 4.69) is 32.6 Å². The van der Waals surface area contributed by atoms with Gasteiger partial charge in [-0.2, -0.15) is 5.10 Å². The minimum absolute atomic E-state index is 0.0197. The molecule has 6 heterocycles. The van der Waals surface area contributed by atoms with Crippen LogP contribution in [0.5, 0.6) is 5.75 Å². The lowest BCUT2D eigenvalue weighted by atomic mass is 9.92. The fourth-order valence-electron chi connectivity index (χ4n) is 7.79. The van der Waals surface area contributed by atoms with Crippen molar-refractivity contribution >= 4 is 33.1 Å². The summed E-state index contributed by atoms with van der Waals surface area (Å²) in [5.74, 6) is 2.07. The van der Waals surface area contributed by atoms with Gasteiger partial charge in [0.2, 0.25) is 0 Å². The number of aromatic nitrogens is 5. The molecule has 0 bridgehead atoms. The van der Waals surface area contributed by atoms with Gasteiger partial charge in [-0.25, -0.2) is 14.4 Å². The zero-order valence-electron chi connectivity index (χ0n) is 26.3. The summed E-state index contributed by atoms with van der Waals surface area (Å²) in [6.45, 7) is 0.722. The average molecular weight is 658 g/mol. The first-order valence-electron chi connectivity index (χ1n) is 16.4. The number of fused-ring (bicyclic) bond motifs is 5. The molecule has 2 atom stereocenters. The lowest BCUT2D eigenvalue weighted by Gasteiger charge is -2.17. The minimum Gasteiger partial charge on any atom is -0.496 e. The third-order valence-corrected chi connectivity index (χ3v) is 11.2. The van der Waals surface area contributed by atoms with Gasteiger partial charge in [-0.05, 0) is 90.9 Å². The number of methoxy groups -OCH3 is 1. The number of ether oxygens (including phenoxy) is 1. The first kappa shape index (κ1) is 29.0. The van der Waals surface area contributed by atoms with Crippen molar-refractivity contribution < 1.29 is 13.9 Å². The maximum absolute atomic E-state index is 14.2. The second kappa shape index (κ2) is 11.5. The lowest BCUT2D eigenvalue weighted by Crippen LogP contribution is -2.22. The van der Waals surface area contributed by atoms with Crippen LogP contribution in [0.3, 0.4) is 0 Å². The molecular weight excluding hydrogens is 626 g/mol. The second-order valence-corrected chi connectivity index (χ2v) is 13.7. The molecule has 0 radical (unpaired) electrons. The maximum atomic E-state index is 14.2. The number of carbonyl (C=O) groups is 1. The van der Waals surface area contributed by atoms with E-state index in [0.717, 1.165) is 86.8 Å². The zero-order valence-corrected chi connectivity index (χ0v) is 27.1. The lowest BCUT2D eigenvalue weighted by molar-refractivity contribution is 0.0776. The average Bonchev–Trinajstić information content (AvgIpc) is 3.95. The molecule has 2 N–H and O–H groups in total. The number of pyridine rings is 2. The van der Waals surface area contributed by atoms with Crippen molar-refractivity contribution in [3.63, 3.8) is 0 Å². The summed E-state index contributed by atoms with van der Waals surface area (Å²) >= 11 is 1.63. The van der Waals surface area contributed by atoms with Gasteiger partial charge in [0.05, 0.1) is 40.8 Å². The molecular formula is C37H32FN7O2S. The molecule has 4 aromatic heterocycles. The van der Waals surface area contributed by atoms with Gasteiger partial charge in [-0.1, -0.05) is 24.3 Å². The molecule has 11 heteroatoms. The Morgan fingerprint density at radius 2 is 1.96 bits per heavy atom. The number of hydrogen-bond donors (Lipinski definition) is 2. The summed E-state index contributed by atoms with van der Waals surface area (Å²) < 4.78 is 20.4. The first-order chi connectivity index (χ1) is 23.6. The molecule has 1 aliphatic carbocycles. The van der Waals surface area contributed by atoms with E-state index in [1.54, 1.807) is 18.4 Å². The fourth-order valence-corrected chi connectivity index (χ4v) is 8.95. The molecule has 0 saturated carbocycles. The number of aromatic amines is 1. The molecule has 240 valence electrons. The highest BCUT2D eigenvalue weighted by Crippen LogP contribution is 2.50. The number of hydrogen-bond acceptors (Lipinski definition) is 8. The highest BCUT2D eigenvalue weighted by molar-refractivity contribution is 7.23. The Labute approximate surface area is 280 Å². The number of halogens is 1. The second-order valence-electron chi connectivity index (χ2n) is 12.6. The van der Waals surface area contributed by atoms with Crippen LogP contribution in [-0.2, 0) is 19.3 Å². The van der Waals surface area contributed by atoms with E-state index in [1.165, 1.54) is 29.6 Å². The Bertz CT molecular complexity index is 2200. The van der Waals surface area contributed by atoms with E-state index in [9.17, 15) is 9.18 Å². The predicted molar refractivity (Wildman–Crippen MR) is 183 cm³/mol. The largest absolute Gasteiger partial charge is 0.496 e. The highest BCUT2D eigenvalue weighted by Gasteiger charge is 2.44. The van der Waals surface area contributed by atoms with Crippen molar-refractivity contribution in [2.45, 2.75) is 50.6 Å². The van der Waals surface area contributed by atoms with Gasteiger partial charge in [-0.3, -0.25) is 14.9 Å².